The number of nitrogens with one attached hydrogen (secondary N) is 1. The van der Waals surface area contributed by atoms with E-state index < -0.39 is 0 Å². The van der Waals surface area contributed by atoms with Crippen molar-refractivity contribution in [3.63, 3.8) is 0 Å². The predicted molar refractivity (Wildman–Crippen MR) is 84.3 cm³/mol. The van der Waals surface area contributed by atoms with Crippen LogP contribution in [0.5, 0.6) is 0 Å². The van der Waals surface area contributed by atoms with Gasteiger partial charge < -0.3 is 5.32 Å². The van der Waals surface area contributed by atoms with Crippen LogP contribution in [-0.4, -0.2) is 15.9 Å². The SMILES string of the molecule is Cc1cccc(C(C)C)c1NC(=O)CCc1cncnc1. The molecule has 0 spiro atoms. The van der Waals surface area contributed by atoms with Crippen molar-refractivity contribution in [1.82, 2.24) is 9.97 Å². The highest BCUT2D eigenvalue weighted by atomic mass is 16.1. The smallest absolute Gasteiger partial charge is 0.224 e. The number of benzene rings is 1. The fraction of sp³-hybridized carbons (Fsp3) is 0.353. The molecule has 0 atom stereocenters. The van der Waals surface area contributed by atoms with E-state index in [1.807, 2.05) is 19.1 Å². The number of rotatable bonds is 5. The maximum absolute atomic E-state index is 12.2. The number of hydrogen-bond donors (Lipinski definition) is 1. The molecule has 21 heavy (non-hydrogen) atoms. The Morgan fingerprint density at radius 1 is 1.24 bits per heavy atom. The van der Waals surface area contributed by atoms with Crippen molar-refractivity contribution in [2.24, 2.45) is 0 Å². The van der Waals surface area contributed by atoms with Gasteiger partial charge in [0.2, 0.25) is 5.91 Å². The highest BCUT2D eigenvalue weighted by molar-refractivity contribution is 5.92. The molecule has 1 N–H and O–H groups in total. The van der Waals surface area contributed by atoms with Crippen molar-refractivity contribution < 1.29 is 4.79 Å². The van der Waals surface area contributed by atoms with E-state index in [1.54, 1.807) is 12.4 Å². The monoisotopic (exact) mass is 283 g/mol. The molecule has 1 aromatic heterocycles. The van der Waals surface area contributed by atoms with Gasteiger partial charge in [-0.2, -0.15) is 0 Å². The Morgan fingerprint density at radius 2 is 1.95 bits per heavy atom. The van der Waals surface area contributed by atoms with E-state index in [9.17, 15) is 4.79 Å². The molecule has 2 rings (SSSR count). The van der Waals surface area contributed by atoms with E-state index in [4.69, 9.17) is 0 Å². The van der Waals surface area contributed by atoms with Crippen LogP contribution in [-0.2, 0) is 11.2 Å². The minimum Gasteiger partial charge on any atom is -0.326 e. The molecule has 0 saturated carbocycles. The van der Waals surface area contributed by atoms with Gasteiger partial charge in [0.1, 0.15) is 6.33 Å². The standard InChI is InChI=1S/C17H21N3O/c1-12(2)15-6-4-5-13(3)17(15)20-16(21)8-7-14-9-18-11-19-10-14/h4-6,9-12H,7-8H2,1-3H3,(H,20,21). The van der Waals surface area contributed by atoms with Crippen LogP contribution in [0.1, 0.15) is 42.9 Å². The molecule has 0 bridgehead atoms. The van der Waals surface area contributed by atoms with Gasteiger partial charge in [0.25, 0.3) is 0 Å². The molecule has 0 unspecified atom stereocenters. The van der Waals surface area contributed by atoms with E-state index in [1.165, 1.54) is 11.9 Å². The van der Waals surface area contributed by atoms with Crippen LogP contribution < -0.4 is 5.32 Å². The summed E-state index contributed by atoms with van der Waals surface area (Å²) >= 11 is 0. The molecule has 1 heterocycles. The Kier molecular flexibility index (Phi) is 5.04. The molecule has 110 valence electrons. The zero-order chi connectivity index (χ0) is 15.2. The molecule has 1 aromatic carbocycles. The van der Waals surface area contributed by atoms with Gasteiger partial charge in [0.15, 0.2) is 0 Å². The maximum atomic E-state index is 12.2. The van der Waals surface area contributed by atoms with Crippen LogP contribution in [0.4, 0.5) is 5.69 Å². The first-order valence-electron chi connectivity index (χ1n) is 7.21. The first-order valence-corrected chi connectivity index (χ1v) is 7.21. The number of hydrogen-bond acceptors (Lipinski definition) is 3. The van der Waals surface area contributed by atoms with Gasteiger partial charge in [-0.25, -0.2) is 9.97 Å². The molecule has 0 radical (unpaired) electrons. The lowest BCUT2D eigenvalue weighted by atomic mass is 9.98. The van der Waals surface area contributed by atoms with Crippen molar-refractivity contribution in [1.29, 1.82) is 0 Å². The summed E-state index contributed by atoms with van der Waals surface area (Å²) in [5.41, 5.74) is 4.19. The summed E-state index contributed by atoms with van der Waals surface area (Å²) in [7, 11) is 0. The quantitative estimate of drug-likeness (QED) is 0.914. The Balaban J connectivity index is 2.03. The van der Waals surface area contributed by atoms with Gasteiger partial charge in [0, 0.05) is 24.5 Å². The summed E-state index contributed by atoms with van der Waals surface area (Å²) in [4.78, 5) is 20.1. The van der Waals surface area contributed by atoms with E-state index >= 15 is 0 Å². The molecular formula is C17H21N3O. The normalized spacial score (nSPS) is 10.7. The van der Waals surface area contributed by atoms with Crippen molar-refractivity contribution in [3.8, 4) is 0 Å². The lowest BCUT2D eigenvalue weighted by Crippen LogP contribution is -2.15. The average molecular weight is 283 g/mol. The van der Waals surface area contributed by atoms with Gasteiger partial charge in [-0.3, -0.25) is 4.79 Å². The second kappa shape index (κ2) is 6.97. The predicted octanol–water partition coefficient (Wildman–Crippen LogP) is 3.48. The van der Waals surface area contributed by atoms with Gasteiger partial charge in [-0.05, 0) is 36.0 Å². The van der Waals surface area contributed by atoms with Crippen molar-refractivity contribution in [2.75, 3.05) is 5.32 Å². The molecule has 0 aliphatic heterocycles. The van der Waals surface area contributed by atoms with E-state index in [0.717, 1.165) is 16.8 Å². The van der Waals surface area contributed by atoms with Crippen molar-refractivity contribution in [3.05, 3.63) is 53.6 Å². The summed E-state index contributed by atoms with van der Waals surface area (Å²) in [6, 6.07) is 6.12. The first kappa shape index (κ1) is 15.2. The van der Waals surface area contributed by atoms with Crippen molar-refractivity contribution >= 4 is 11.6 Å². The number of aryl methyl sites for hydroxylation is 2. The van der Waals surface area contributed by atoms with Crippen molar-refractivity contribution in [2.45, 2.75) is 39.5 Å². The van der Waals surface area contributed by atoms with Crippen LogP contribution in [0.15, 0.2) is 36.9 Å². The Hall–Kier alpha value is -2.23. The van der Waals surface area contributed by atoms with Gasteiger partial charge in [-0.1, -0.05) is 32.0 Å². The molecule has 0 fully saturated rings. The molecule has 0 saturated heterocycles. The molecule has 1 amide bonds. The van der Waals surface area contributed by atoms with Crippen LogP contribution >= 0.6 is 0 Å². The third kappa shape index (κ3) is 4.12. The second-order valence-corrected chi connectivity index (χ2v) is 5.49. The number of para-hydroxylation sites is 1. The molecule has 4 heteroatoms. The molecule has 0 aliphatic rings. The minimum absolute atomic E-state index is 0.0232. The lowest BCUT2D eigenvalue weighted by Gasteiger charge is -2.16. The number of carbonyl (C=O) groups excluding carboxylic acids is 1. The number of carbonyl (C=O) groups is 1. The Bertz CT molecular complexity index is 609. The van der Waals surface area contributed by atoms with Crippen LogP contribution in [0, 0.1) is 6.92 Å². The summed E-state index contributed by atoms with van der Waals surface area (Å²) in [6.07, 6.45) is 6.06. The maximum Gasteiger partial charge on any atom is 0.224 e. The van der Waals surface area contributed by atoms with E-state index in [0.29, 0.717) is 18.8 Å². The molecular weight excluding hydrogens is 262 g/mol. The third-order valence-corrected chi connectivity index (χ3v) is 3.45. The minimum atomic E-state index is 0.0232. The largest absolute Gasteiger partial charge is 0.326 e. The Labute approximate surface area is 125 Å². The van der Waals surface area contributed by atoms with E-state index in [-0.39, 0.29) is 5.91 Å². The van der Waals surface area contributed by atoms with Gasteiger partial charge in [0.05, 0.1) is 0 Å². The van der Waals surface area contributed by atoms with E-state index in [2.05, 4.69) is 35.2 Å². The summed E-state index contributed by atoms with van der Waals surface area (Å²) < 4.78 is 0. The summed E-state index contributed by atoms with van der Waals surface area (Å²) in [6.45, 7) is 6.28. The fourth-order valence-electron chi connectivity index (χ4n) is 2.26. The number of nitrogens with zero attached hydrogens (tertiary/aromatic N) is 2. The Morgan fingerprint density at radius 3 is 2.62 bits per heavy atom. The third-order valence-electron chi connectivity index (χ3n) is 3.45. The number of amides is 1. The molecule has 4 nitrogen and oxygen atoms in total. The van der Waals surface area contributed by atoms with Gasteiger partial charge >= 0.3 is 0 Å². The number of aromatic nitrogens is 2. The second-order valence-electron chi connectivity index (χ2n) is 5.49. The summed E-state index contributed by atoms with van der Waals surface area (Å²) in [5, 5.41) is 3.05. The van der Waals surface area contributed by atoms with Crippen LogP contribution in [0.25, 0.3) is 0 Å². The van der Waals surface area contributed by atoms with Gasteiger partial charge in [-0.15, -0.1) is 0 Å². The molecule has 0 aliphatic carbocycles. The average Bonchev–Trinajstić information content (AvgIpc) is 2.48. The fourth-order valence-corrected chi connectivity index (χ4v) is 2.26. The summed E-state index contributed by atoms with van der Waals surface area (Å²) in [5.74, 6) is 0.401. The first-order chi connectivity index (χ1) is 10.1. The highest BCUT2D eigenvalue weighted by Gasteiger charge is 2.12. The topological polar surface area (TPSA) is 54.9 Å². The number of anilines is 1. The lowest BCUT2D eigenvalue weighted by molar-refractivity contribution is -0.116. The van der Waals surface area contributed by atoms with Crippen LogP contribution in [0.3, 0.4) is 0 Å². The highest BCUT2D eigenvalue weighted by Crippen LogP contribution is 2.27. The molecule has 2 aromatic rings. The zero-order valence-electron chi connectivity index (χ0n) is 12.8. The van der Waals surface area contributed by atoms with Crippen LogP contribution in [0.2, 0.25) is 0 Å². The zero-order valence-corrected chi connectivity index (χ0v) is 12.8.